The molecule has 0 aliphatic rings. The summed E-state index contributed by atoms with van der Waals surface area (Å²) < 4.78 is 75.9. The van der Waals surface area contributed by atoms with Gasteiger partial charge < -0.3 is 5.32 Å². The second kappa shape index (κ2) is 8.54. The molecule has 0 amide bonds. The van der Waals surface area contributed by atoms with E-state index in [1.165, 1.54) is 6.92 Å². The molecule has 7 heteroatoms. The van der Waals surface area contributed by atoms with E-state index in [1.54, 1.807) is 6.08 Å². The Morgan fingerprint density at radius 1 is 1.00 bits per heavy atom. The molecule has 0 saturated carbocycles. The Hall–Kier alpha value is -0.720. The van der Waals surface area contributed by atoms with Gasteiger partial charge >= 0.3 is 12.4 Å². The first-order valence-electron chi connectivity index (χ1n) is 6.62. The first-order chi connectivity index (χ1) is 9.14. The van der Waals surface area contributed by atoms with Crippen LogP contribution < -0.4 is 5.32 Å². The molecule has 0 aromatic rings. The molecule has 0 aliphatic heterocycles. The van der Waals surface area contributed by atoms with Crippen molar-refractivity contribution in [1.29, 1.82) is 0 Å². The van der Waals surface area contributed by atoms with Crippen molar-refractivity contribution in [1.82, 2.24) is 5.32 Å². The van der Waals surface area contributed by atoms with E-state index in [1.807, 2.05) is 0 Å². The van der Waals surface area contributed by atoms with Crippen molar-refractivity contribution < 1.29 is 26.3 Å². The lowest BCUT2D eigenvalue weighted by molar-refractivity contribution is -0.292. The monoisotopic (exact) mass is 305 g/mol. The Balaban J connectivity index is 4.70. The number of halogens is 6. The van der Waals surface area contributed by atoms with E-state index >= 15 is 0 Å². The van der Waals surface area contributed by atoms with Crippen molar-refractivity contribution in [3.05, 3.63) is 12.7 Å². The van der Waals surface area contributed by atoms with E-state index in [0.717, 1.165) is 6.42 Å². The minimum absolute atomic E-state index is 0.0694. The molecule has 120 valence electrons. The summed E-state index contributed by atoms with van der Waals surface area (Å²) in [7, 11) is 0. The van der Waals surface area contributed by atoms with Crippen LogP contribution in [0.4, 0.5) is 26.3 Å². The number of unbranched alkanes of at least 4 members (excludes halogenated alkanes) is 3. The van der Waals surface area contributed by atoms with Gasteiger partial charge in [-0.25, -0.2) is 0 Å². The summed E-state index contributed by atoms with van der Waals surface area (Å²) in [5.74, 6) is -3.31. The van der Waals surface area contributed by atoms with Crippen molar-refractivity contribution in [2.75, 3.05) is 6.54 Å². The normalized spacial score (nSPS) is 14.6. The smallest absolute Gasteiger partial charge is 0.313 e. The molecule has 1 unspecified atom stereocenters. The molecule has 1 N–H and O–H groups in total. The molecule has 0 fully saturated rings. The molecule has 0 spiro atoms. The second-order valence-corrected chi connectivity index (χ2v) is 4.65. The van der Waals surface area contributed by atoms with Crippen LogP contribution in [0.25, 0.3) is 0 Å². The van der Waals surface area contributed by atoms with Gasteiger partial charge in [0.2, 0.25) is 0 Å². The Morgan fingerprint density at radius 3 is 1.95 bits per heavy atom. The third kappa shape index (κ3) is 7.17. The molecule has 0 heterocycles. The lowest BCUT2D eigenvalue weighted by atomic mass is 9.93. The minimum atomic E-state index is -5.29. The standard InChI is InChI=1S/C13H21F6N/c1-3-5-6-7-8-9-10(20-4-2)11(12(14,15)16)13(17,18)19/h3,10-11,20H,1,4-9H2,2H3. The van der Waals surface area contributed by atoms with Crippen molar-refractivity contribution in [3.63, 3.8) is 0 Å². The summed E-state index contributed by atoms with van der Waals surface area (Å²) in [5, 5.41) is 2.33. The van der Waals surface area contributed by atoms with Crippen molar-refractivity contribution in [2.24, 2.45) is 5.92 Å². The number of rotatable bonds is 9. The van der Waals surface area contributed by atoms with Crippen LogP contribution in [-0.2, 0) is 0 Å². The van der Waals surface area contributed by atoms with Gasteiger partial charge in [-0.2, -0.15) is 26.3 Å². The van der Waals surface area contributed by atoms with Crippen LogP contribution >= 0.6 is 0 Å². The maximum Gasteiger partial charge on any atom is 0.401 e. The Bertz CT molecular complexity index is 257. The Labute approximate surface area is 115 Å². The van der Waals surface area contributed by atoms with E-state index in [4.69, 9.17) is 0 Å². The molecule has 0 aliphatic carbocycles. The average molecular weight is 305 g/mol. The third-order valence-electron chi connectivity index (χ3n) is 3.00. The summed E-state index contributed by atoms with van der Waals surface area (Å²) in [6.07, 6.45) is -6.67. The van der Waals surface area contributed by atoms with Gasteiger partial charge in [-0.3, -0.25) is 0 Å². The molecule has 0 rings (SSSR count). The molecule has 1 nitrogen and oxygen atoms in total. The number of nitrogens with one attached hydrogen (secondary N) is 1. The largest absolute Gasteiger partial charge is 0.401 e. The fourth-order valence-electron chi connectivity index (χ4n) is 2.12. The molecule has 0 saturated heterocycles. The van der Waals surface area contributed by atoms with Gasteiger partial charge in [-0.05, 0) is 25.8 Å². The van der Waals surface area contributed by atoms with Crippen molar-refractivity contribution >= 4 is 0 Å². The second-order valence-electron chi connectivity index (χ2n) is 4.65. The van der Waals surface area contributed by atoms with Gasteiger partial charge in [0.25, 0.3) is 0 Å². The van der Waals surface area contributed by atoms with Crippen molar-refractivity contribution in [3.8, 4) is 0 Å². The fraction of sp³-hybridized carbons (Fsp3) is 0.846. The highest BCUT2D eigenvalue weighted by molar-refractivity contribution is 4.87. The molecule has 0 bridgehead atoms. The first-order valence-corrected chi connectivity index (χ1v) is 6.62. The van der Waals surface area contributed by atoms with Gasteiger partial charge in [0.1, 0.15) is 0 Å². The Morgan fingerprint density at radius 2 is 1.55 bits per heavy atom. The highest BCUT2D eigenvalue weighted by atomic mass is 19.4. The quantitative estimate of drug-likeness (QED) is 0.365. The van der Waals surface area contributed by atoms with E-state index in [-0.39, 0.29) is 13.0 Å². The van der Waals surface area contributed by atoms with E-state index in [9.17, 15) is 26.3 Å². The predicted octanol–water partition coefficient (Wildman–Crippen LogP) is 4.84. The summed E-state index contributed by atoms with van der Waals surface area (Å²) >= 11 is 0. The van der Waals surface area contributed by atoms with Gasteiger partial charge in [-0.1, -0.05) is 25.8 Å². The number of allylic oxidation sites excluding steroid dienone is 1. The highest BCUT2D eigenvalue weighted by Gasteiger charge is 2.59. The zero-order valence-electron chi connectivity index (χ0n) is 11.4. The number of alkyl halides is 6. The first kappa shape index (κ1) is 19.3. The zero-order chi connectivity index (χ0) is 15.8. The average Bonchev–Trinajstić information content (AvgIpc) is 2.25. The van der Waals surface area contributed by atoms with E-state index in [2.05, 4.69) is 11.9 Å². The zero-order valence-corrected chi connectivity index (χ0v) is 11.4. The lowest BCUT2D eigenvalue weighted by Crippen LogP contribution is -2.51. The summed E-state index contributed by atoms with van der Waals surface area (Å²) in [6, 6.07) is -1.62. The van der Waals surface area contributed by atoms with Gasteiger partial charge in [0, 0.05) is 6.04 Å². The molecule has 0 aromatic carbocycles. The van der Waals surface area contributed by atoms with Crippen LogP contribution in [0.3, 0.4) is 0 Å². The maximum atomic E-state index is 12.6. The van der Waals surface area contributed by atoms with Crippen LogP contribution in [0.1, 0.15) is 39.0 Å². The van der Waals surface area contributed by atoms with Crippen molar-refractivity contribution in [2.45, 2.75) is 57.4 Å². The van der Waals surface area contributed by atoms with Crippen LogP contribution in [0.15, 0.2) is 12.7 Å². The van der Waals surface area contributed by atoms with Gasteiger partial charge in [0.15, 0.2) is 5.92 Å². The molecule has 0 radical (unpaired) electrons. The number of hydrogen-bond donors (Lipinski definition) is 1. The topological polar surface area (TPSA) is 12.0 Å². The highest BCUT2D eigenvalue weighted by Crippen LogP contribution is 2.42. The van der Waals surface area contributed by atoms with Crippen LogP contribution in [0.5, 0.6) is 0 Å². The third-order valence-corrected chi connectivity index (χ3v) is 3.00. The molecular formula is C13H21F6N. The summed E-state index contributed by atoms with van der Waals surface area (Å²) in [4.78, 5) is 0. The Kier molecular flexibility index (Phi) is 8.23. The fourth-order valence-corrected chi connectivity index (χ4v) is 2.12. The van der Waals surface area contributed by atoms with Crippen LogP contribution in [0, 0.1) is 5.92 Å². The maximum absolute atomic E-state index is 12.6. The van der Waals surface area contributed by atoms with Crippen LogP contribution in [-0.4, -0.2) is 24.9 Å². The van der Waals surface area contributed by atoms with Gasteiger partial charge in [0.05, 0.1) is 0 Å². The summed E-state index contributed by atoms with van der Waals surface area (Å²) in [5.41, 5.74) is 0. The molecule has 0 aromatic heterocycles. The van der Waals surface area contributed by atoms with Gasteiger partial charge in [-0.15, -0.1) is 6.58 Å². The van der Waals surface area contributed by atoms with Crippen LogP contribution in [0.2, 0.25) is 0 Å². The summed E-state index contributed by atoms with van der Waals surface area (Å²) in [6.45, 7) is 5.07. The lowest BCUT2D eigenvalue weighted by Gasteiger charge is -2.31. The van der Waals surface area contributed by atoms with E-state index < -0.39 is 24.3 Å². The minimum Gasteiger partial charge on any atom is -0.313 e. The predicted molar refractivity (Wildman–Crippen MR) is 66.3 cm³/mol. The SMILES string of the molecule is C=CCCCCCC(NCC)C(C(F)(F)F)C(F)(F)F. The van der Waals surface area contributed by atoms with E-state index in [0.29, 0.717) is 19.3 Å². The number of hydrogen-bond acceptors (Lipinski definition) is 1. The molecular weight excluding hydrogens is 284 g/mol. The molecule has 20 heavy (non-hydrogen) atoms. The molecule has 1 atom stereocenters.